The van der Waals surface area contributed by atoms with Crippen molar-refractivity contribution in [3.05, 3.63) is 82.9 Å². The summed E-state index contributed by atoms with van der Waals surface area (Å²) in [5.74, 6) is -1.73. The van der Waals surface area contributed by atoms with E-state index in [2.05, 4.69) is 16.7 Å². The van der Waals surface area contributed by atoms with Gasteiger partial charge in [0.15, 0.2) is 12.4 Å². The topological polar surface area (TPSA) is 102 Å². The average molecular weight is 442 g/mol. The van der Waals surface area contributed by atoms with Crippen LogP contribution in [0, 0.1) is 0 Å². The molecule has 0 radical (unpaired) electrons. The van der Waals surface area contributed by atoms with Crippen LogP contribution >= 0.6 is 0 Å². The fourth-order valence-corrected chi connectivity index (χ4v) is 3.89. The molecular formula is C26H22N2O5. The number of rotatable bonds is 6. The van der Waals surface area contributed by atoms with E-state index < -0.39 is 12.6 Å². The minimum Gasteiger partial charge on any atom is -0.454 e. The summed E-state index contributed by atoms with van der Waals surface area (Å²) < 4.78 is 5.24. The van der Waals surface area contributed by atoms with E-state index in [0.29, 0.717) is 16.9 Å². The first kappa shape index (κ1) is 22.0. The third kappa shape index (κ3) is 4.98. The predicted octanol–water partition coefficient (Wildman–Crippen LogP) is 4.21. The van der Waals surface area contributed by atoms with Gasteiger partial charge in [0.1, 0.15) is 0 Å². The molecule has 1 aliphatic carbocycles. The highest BCUT2D eigenvalue weighted by atomic mass is 16.5. The number of hydrogen-bond acceptors (Lipinski definition) is 5. The van der Waals surface area contributed by atoms with Crippen molar-refractivity contribution in [1.29, 1.82) is 0 Å². The third-order valence-electron chi connectivity index (χ3n) is 5.26. The molecule has 7 nitrogen and oxygen atoms in total. The lowest BCUT2D eigenvalue weighted by atomic mass is 10.0. The number of benzene rings is 3. The molecule has 3 aromatic rings. The molecule has 0 atom stereocenters. The van der Waals surface area contributed by atoms with Gasteiger partial charge in [-0.15, -0.1) is 0 Å². The number of carbonyl (C=O) groups is 4. The maximum absolute atomic E-state index is 12.7. The molecular weight excluding hydrogens is 420 g/mol. The first-order chi connectivity index (χ1) is 15.8. The van der Waals surface area contributed by atoms with Gasteiger partial charge in [-0.3, -0.25) is 14.4 Å². The molecule has 3 aromatic carbocycles. The van der Waals surface area contributed by atoms with Gasteiger partial charge in [0.25, 0.3) is 0 Å². The van der Waals surface area contributed by atoms with Gasteiger partial charge >= 0.3 is 5.97 Å². The van der Waals surface area contributed by atoms with E-state index in [0.717, 1.165) is 23.1 Å². The lowest BCUT2D eigenvalue weighted by Crippen LogP contribution is -2.16. The Hall–Kier alpha value is -4.26. The molecule has 0 aliphatic heterocycles. The third-order valence-corrected chi connectivity index (χ3v) is 5.26. The molecule has 2 N–H and O–H groups in total. The molecule has 33 heavy (non-hydrogen) atoms. The highest BCUT2D eigenvalue weighted by Gasteiger charge is 2.20. The van der Waals surface area contributed by atoms with E-state index in [1.807, 2.05) is 30.3 Å². The Kier molecular flexibility index (Phi) is 6.04. The Balaban J connectivity index is 1.49. The number of fused-ring (bicyclic) bond motifs is 3. The number of nitrogens with one attached hydrogen (secondary N) is 2. The Morgan fingerprint density at radius 2 is 1.39 bits per heavy atom. The molecule has 4 rings (SSSR count). The Morgan fingerprint density at radius 1 is 0.758 bits per heavy atom. The van der Waals surface area contributed by atoms with E-state index in [4.69, 9.17) is 4.74 Å². The summed E-state index contributed by atoms with van der Waals surface area (Å²) >= 11 is 0. The largest absolute Gasteiger partial charge is 0.454 e. The number of ketones is 1. The van der Waals surface area contributed by atoms with Crippen molar-refractivity contribution in [2.75, 3.05) is 17.2 Å². The van der Waals surface area contributed by atoms with Gasteiger partial charge in [0.05, 0.1) is 5.56 Å². The summed E-state index contributed by atoms with van der Waals surface area (Å²) in [7, 11) is 0. The lowest BCUT2D eigenvalue weighted by molar-refractivity contribution is -0.115. The van der Waals surface area contributed by atoms with Gasteiger partial charge in [0, 0.05) is 30.8 Å². The van der Waals surface area contributed by atoms with Crippen LogP contribution in [-0.2, 0) is 20.7 Å². The Labute approximate surface area is 190 Å². The number of amides is 2. The zero-order valence-corrected chi connectivity index (χ0v) is 18.2. The number of hydrogen-bond donors (Lipinski definition) is 2. The summed E-state index contributed by atoms with van der Waals surface area (Å²) in [6, 6.07) is 17.9. The summed E-state index contributed by atoms with van der Waals surface area (Å²) in [6.07, 6.45) is 0.830. The standard InChI is InChI=1S/C26H22N2O5/c1-15(29)27-21-10-20(11-22(13-21)28-16(2)30)26(32)33-14-25(31)19-8-7-18-9-17-5-3-4-6-23(17)24(18)12-19/h3-8,10-13H,9,14H2,1-2H3,(H,27,29)(H,28,30). The number of carbonyl (C=O) groups excluding carboxylic acids is 4. The lowest BCUT2D eigenvalue weighted by Gasteiger charge is -2.11. The second-order valence-corrected chi connectivity index (χ2v) is 7.87. The molecule has 0 spiro atoms. The average Bonchev–Trinajstić information content (AvgIpc) is 3.14. The molecule has 0 saturated heterocycles. The first-order valence-electron chi connectivity index (χ1n) is 10.4. The van der Waals surface area contributed by atoms with Crippen molar-refractivity contribution in [3.8, 4) is 11.1 Å². The fourth-order valence-electron chi connectivity index (χ4n) is 3.89. The van der Waals surface area contributed by atoms with E-state index >= 15 is 0 Å². The van der Waals surface area contributed by atoms with Crippen molar-refractivity contribution >= 4 is 34.9 Å². The van der Waals surface area contributed by atoms with Gasteiger partial charge in [-0.05, 0) is 52.9 Å². The normalized spacial score (nSPS) is 11.2. The molecule has 7 heteroatoms. The highest BCUT2D eigenvalue weighted by molar-refractivity contribution is 6.02. The number of esters is 1. The first-order valence-corrected chi connectivity index (χ1v) is 10.4. The summed E-state index contributed by atoms with van der Waals surface area (Å²) in [4.78, 5) is 48.1. The summed E-state index contributed by atoms with van der Waals surface area (Å²) in [6.45, 7) is 2.23. The van der Waals surface area contributed by atoms with Crippen molar-refractivity contribution in [3.63, 3.8) is 0 Å². The molecule has 1 aliphatic rings. The van der Waals surface area contributed by atoms with E-state index in [1.54, 1.807) is 6.07 Å². The van der Waals surface area contributed by atoms with Gasteiger partial charge in [-0.1, -0.05) is 36.4 Å². The van der Waals surface area contributed by atoms with E-state index in [-0.39, 0.29) is 23.2 Å². The molecule has 166 valence electrons. The van der Waals surface area contributed by atoms with Gasteiger partial charge in [-0.2, -0.15) is 0 Å². The van der Waals surface area contributed by atoms with E-state index in [9.17, 15) is 19.2 Å². The predicted molar refractivity (Wildman–Crippen MR) is 124 cm³/mol. The number of Topliss-reactive ketones (excluding diaryl/α,β-unsaturated/α-hetero) is 1. The van der Waals surface area contributed by atoms with Crippen LogP contribution in [0.1, 0.15) is 45.7 Å². The second-order valence-electron chi connectivity index (χ2n) is 7.87. The minimum absolute atomic E-state index is 0.0979. The van der Waals surface area contributed by atoms with Crippen LogP contribution in [0.25, 0.3) is 11.1 Å². The van der Waals surface area contributed by atoms with Crippen LogP contribution in [0.3, 0.4) is 0 Å². The summed E-state index contributed by atoms with van der Waals surface area (Å²) in [5, 5.41) is 5.14. The van der Waals surface area contributed by atoms with Crippen molar-refractivity contribution in [2.24, 2.45) is 0 Å². The zero-order chi connectivity index (χ0) is 23.5. The van der Waals surface area contributed by atoms with Crippen LogP contribution in [0.5, 0.6) is 0 Å². The van der Waals surface area contributed by atoms with Gasteiger partial charge in [0.2, 0.25) is 11.8 Å². The SMILES string of the molecule is CC(=O)Nc1cc(NC(C)=O)cc(C(=O)OCC(=O)c2ccc3c(c2)-c2ccccc2C3)c1. The molecule has 2 amide bonds. The Morgan fingerprint density at radius 3 is 2.06 bits per heavy atom. The molecule has 0 bridgehead atoms. The van der Waals surface area contributed by atoms with Crippen LogP contribution in [0.15, 0.2) is 60.7 Å². The van der Waals surface area contributed by atoms with Crippen LogP contribution in [-0.4, -0.2) is 30.2 Å². The fraction of sp³-hybridized carbons (Fsp3) is 0.154. The maximum atomic E-state index is 12.7. The van der Waals surface area contributed by atoms with Gasteiger partial charge in [-0.25, -0.2) is 4.79 Å². The Bertz CT molecular complexity index is 1260. The molecule has 0 unspecified atom stereocenters. The van der Waals surface area contributed by atoms with Crippen molar-refractivity contribution in [2.45, 2.75) is 20.3 Å². The van der Waals surface area contributed by atoms with Crippen LogP contribution in [0.4, 0.5) is 11.4 Å². The minimum atomic E-state index is -0.742. The quantitative estimate of drug-likeness (QED) is 0.344. The summed E-state index contributed by atoms with van der Waals surface area (Å²) in [5.41, 5.74) is 5.71. The van der Waals surface area contributed by atoms with Gasteiger partial charge < -0.3 is 15.4 Å². The number of anilines is 2. The van der Waals surface area contributed by atoms with Crippen molar-refractivity contribution in [1.82, 2.24) is 0 Å². The van der Waals surface area contributed by atoms with Crippen LogP contribution < -0.4 is 10.6 Å². The van der Waals surface area contributed by atoms with Crippen LogP contribution in [0.2, 0.25) is 0 Å². The smallest absolute Gasteiger partial charge is 0.338 e. The monoisotopic (exact) mass is 442 g/mol. The molecule has 0 fully saturated rings. The van der Waals surface area contributed by atoms with Crippen molar-refractivity contribution < 1.29 is 23.9 Å². The second kappa shape index (κ2) is 9.08. The zero-order valence-electron chi connectivity index (χ0n) is 18.2. The molecule has 0 saturated carbocycles. The highest BCUT2D eigenvalue weighted by Crippen LogP contribution is 2.36. The molecule has 0 aromatic heterocycles. The van der Waals surface area contributed by atoms with E-state index in [1.165, 1.54) is 37.6 Å². The number of ether oxygens (including phenoxy) is 1. The maximum Gasteiger partial charge on any atom is 0.338 e. The molecule has 0 heterocycles.